The number of methoxy groups -OCH3 is 1. The summed E-state index contributed by atoms with van der Waals surface area (Å²) in [5.41, 5.74) is 10.5. The first kappa shape index (κ1) is 33.2. The van der Waals surface area contributed by atoms with Gasteiger partial charge < -0.3 is 25.3 Å². The van der Waals surface area contributed by atoms with Crippen LogP contribution in [-0.2, 0) is 11.8 Å². The van der Waals surface area contributed by atoms with Gasteiger partial charge in [-0.2, -0.15) is 0 Å². The van der Waals surface area contributed by atoms with Gasteiger partial charge in [0, 0.05) is 67.9 Å². The van der Waals surface area contributed by atoms with Crippen LogP contribution in [0, 0.1) is 5.92 Å². The molecule has 0 aliphatic rings. The first-order valence-corrected chi connectivity index (χ1v) is 14.1. The average Bonchev–Trinajstić information content (AvgIpc) is 3.29. The monoisotopic (exact) mass is 578 g/mol. The van der Waals surface area contributed by atoms with Gasteiger partial charge in [0.05, 0.1) is 24.2 Å². The van der Waals surface area contributed by atoms with Crippen molar-refractivity contribution in [1.29, 1.82) is 0 Å². The molecule has 0 aliphatic heterocycles. The van der Waals surface area contributed by atoms with Gasteiger partial charge in [-0.15, -0.1) is 18.2 Å². The Bertz CT molecular complexity index is 1400. The molecule has 1 amide bonds. The number of nitrogen functional groups attached to an aromatic ring is 1. The van der Waals surface area contributed by atoms with E-state index in [9.17, 15) is 4.79 Å². The summed E-state index contributed by atoms with van der Waals surface area (Å²) >= 11 is 5.61. The van der Waals surface area contributed by atoms with Gasteiger partial charge in [0.1, 0.15) is 5.75 Å². The molecule has 2 aromatic carbocycles. The second-order valence-electron chi connectivity index (χ2n) is 9.85. The summed E-state index contributed by atoms with van der Waals surface area (Å²) in [4.78, 5) is 22.1. The maximum atomic E-state index is 11.8. The van der Waals surface area contributed by atoms with E-state index in [1.165, 1.54) is 10.9 Å². The number of halogens is 1. The van der Waals surface area contributed by atoms with Crippen molar-refractivity contribution in [3.8, 4) is 17.0 Å². The number of hydrogen-bond acceptors (Lipinski definition) is 6. The van der Waals surface area contributed by atoms with Crippen LogP contribution in [0.4, 0.5) is 17.3 Å². The van der Waals surface area contributed by atoms with Crippen molar-refractivity contribution < 1.29 is 9.53 Å². The molecular weight excluding hydrogens is 536 g/mol. The topological polar surface area (TPSA) is 98.3 Å². The lowest BCUT2D eigenvalue weighted by Gasteiger charge is -2.24. The molecular formula is C32H43ClN6O2. The standard InChI is InChI=1S/C16H25ClN2O2.C13H12N4.C3H6/c1-12(2)8-10-19(3)15-11-13(21-4)5-6-14(15)18-16(20)7-9-17;1-17-8-10(9-4-2-3-5-12(9)17)11-6-7-15-13(14)16-11;1-3-2/h5-6,11-12H,7-10H2,1-4H3,(H,18,20);2-8H,1H3,(H2,14,15,16);3H,1H2,2H3. The fourth-order valence-corrected chi connectivity index (χ4v) is 4.17. The molecule has 0 unspecified atom stereocenters. The number of ether oxygens (including phenoxy) is 1. The number of carbonyl (C=O) groups is 1. The van der Waals surface area contributed by atoms with Gasteiger partial charge in [0.15, 0.2) is 0 Å². The predicted octanol–water partition coefficient (Wildman–Crippen LogP) is 7.15. The highest BCUT2D eigenvalue weighted by atomic mass is 35.5. The summed E-state index contributed by atoms with van der Waals surface area (Å²) in [6.45, 7) is 10.6. The zero-order chi connectivity index (χ0) is 30.4. The van der Waals surface area contributed by atoms with Crippen LogP contribution in [0.5, 0.6) is 5.75 Å². The molecule has 9 heteroatoms. The van der Waals surface area contributed by atoms with E-state index in [0.717, 1.165) is 41.3 Å². The number of aryl methyl sites for hydroxylation is 1. The summed E-state index contributed by atoms with van der Waals surface area (Å²) < 4.78 is 7.36. The minimum absolute atomic E-state index is 0.0753. The van der Waals surface area contributed by atoms with Gasteiger partial charge in [-0.1, -0.05) is 38.1 Å². The molecule has 0 saturated heterocycles. The molecule has 0 saturated carbocycles. The van der Waals surface area contributed by atoms with Gasteiger partial charge >= 0.3 is 0 Å². The van der Waals surface area contributed by atoms with Gasteiger partial charge in [-0.3, -0.25) is 4.79 Å². The van der Waals surface area contributed by atoms with E-state index in [4.69, 9.17) is 22.1 Å². The molecule has 0 atom stereocenters. The Morgan fingerprint density at radius 1 is 1.24 bits per heavy atom. The van der Waals surface area contributed by atoms with Crippen LogP contribution in [-0.4, -0.2) is 47.0 Å². The zero-order valence-corrected chi connectivity index (χ0v) is 25.8. The van der Waals surface area contributed by atoms with Crippen molar-refractivity contribution in [2.24, 2.45) is 13.0 Å². The van der Waals surface area contributed by atoms with Crippen LogP contribution in [0.3, 0.4) is 0 Å². The van der Waals surface area contributed by atoms with Crippen LogP contribution in [0.2, 0.25) is 0 Å². The number of fused-ring (bicyclic) bond motifs is 1. The van der Waals surface area contributed by atoms with Crippen LogP contribution in [0.15, 0.2) is 73.6 Å². The highest BCUT2D eigenvalue weighted by Gasteiger charge is 2.12. The average molecular weight is 579 g/mol. The molecule has 4 rings (SSSR count). The summed E-state index contributed by atoms with van der Waals surface area (Å²) in [5.74, 6) is 1.95. The molecule has 3 N–H and O–H groups in total. The van der Waals surface area contributed by atoms with Crippen molar-refractivity contribution in [3.63, 3.8) is 0 Å². The highest BCUT2D eigenvalue weighted by Crippen LogP contribution is 2.31. The lowest BCUT2D eigenvalue weighted by molar-refractivity contribution is -0.115. The number of para-hydroxylation sites is 1. The van der Waals surface area contributed by atoms with E-state index in [1.54, 1.807) is 19.4 Å². The molecule has 2 heterocycles. The van der Waals surface area contributed by atoms with Crippen molar-refractivity contribution >= 4 is 45.7 Å². The number of alkyl halides is 1. The minimum atomic E-state index is -0.0753. The normalized spacial score (nSPS) is 10.2. The molecule has 0 aliphatic carbocycles. The van der Waals surface area contributed by atoms with Crippen molar-refractivity contribution in [2.45, 2.75) is 33.6 Å². The maximum Gasteiger partial charge on any atom is 0.225 e. The number of hydrogen-bond donors (Lipinski definition) is 2. The molecule has 220 valence electrons. The second-order valence-corrected chi connectivity index (χ2v) is 10.2. The van der Waals surface area contributed by atoms with Crippen molar-refractivity contribution in [3.05, 3.63) is 73.6 Å². The Hall–Kier alpha value is -4.04. The second kappa shape index (κ2) is 16.9. The number of amides is 1. The van der Waals surface area contributed by atoms with E-state index in [1.807, 2.05) is 57.4 Å². The Kier molecular flexibility index (Phi) is 13.7. The van der Waals surface area contributed by atoms with E-state index in [-0.39, 0.29) is 5.91 Å². The van der Waals surface area contributed by atoms with E-state index in [2.05, 4.69) is 63.5 Å². The summed E-state index contributed by atoms with van der Waals surface area (Å²) in [6.07, 6.45) is 6.89. The number of nitrogens with two attached hydrogens (primary N) is 1. The molecule has 0 fully saturated rings. The van der Waals surface area contributed by atoms with Gasteiger partial charge in [-0.05, 0) is 43.5 Å². The lowest BCUT2D eigenvalue weighted by atomic mass is 10.1. The van der Waals surface area contributed by atoms with Crippen molar-refractivity contribution in [2.75, 3.05) is 42.5 Å². The fraction of sp³-hybridized carbons (Fsp3) is 0.344. The minimum Gasteiger partial charge on any atom is -0.497 e. The Morgan fingerprint density at radius 2 is 1.95 bits per heavy atom. The molecule has 0 bridgehead atoms. The zero-order valence-electron chi connectivity index (χ0n) is 25.0. The Morgan fingerprint density at radius 3 is 2.59 bits per heavy atom. The largest absolute Gasteiger partial charge is 0.497 e. The summed E-state index contributed by atoms with van der Waals surface area (Å²) in [7, 11) is 5.68. The van der Waals surface area contributed by atoms with Gasteiger partial charge in [0.25, 0.3) is 0 Å². The van der Waals surface area contributed by atoms with Crippen LogP contribution < -0.4 is 20.7 Å². The molecule has 41 heavy (non-hydrogen) atoms. The number of nitrogens with one attached hydrogen (secondary N) is 1. The van der Waals surface area contributed by atoms with E-state index >= 15 is 0 Å². The first-order valence-electron chi connectivity index (χ1n) is 13.6. The summed E-state index contributed by atoms with van der Waals surface area (Å²) in [6, 6.07) is 15.8. The first-order chi connectivity index (χ1) is 19.6. The van der Waals surface area contributed by atoms with Crippen LogP contribution in [0.25, 0.3) is 22.2 Å². The van der Waals surface area contributed by atoms with E-state index in [0.29, 0.717) is 24.2 Å². The molecule has 0 spiro atoms. The van der Waals surface area contributed by atoms with E-state index < -0.39 is 0 Å². The smallest absolute Gasteiger partial charge is 0.225 e. The van der Waals surface area contributed by atoms with Crippen molar-refractivity contribution in [1.82, 2.24) is 14.5 Å². The van der Waals surface area contributed by atoms with Gasteiger partial charge in [0.2, 0.25) is 11.9 Å². The number of allylic oxidation sites excluding steroid dienone is 1. The molecule has 2 aromatic heterocycles. The third-order valence-corrected chi connectivity index (χ3v) is 6.29. The number of aromatic nitrogens is 3. The highest BCUT2D eigenvalue weighted by molar-refractivity contribution is 6.19. The lowest BCUT2D eigenvalue weighted by Crippen LogP contribution is -2.22. The summed E-state index contributed by atoms with van der Waals surface area (Å²) in [5, 5.41) is 4.08. The third kappa shape index (κ3) is 10.1. The van der Waals surface area contributed by atoms with Crippen LogP contribution >= 0.6 is 11.6 Å². The van der Waals surface area contributed by atoms with Crippen LogP contribution in [0.1, 0.15) is 33.6 Å². The quantitative estimate of drug-likeness (QED) is 0.162. The molecule has 0 radical (unpaired) electrons. The predicted molar refractivity (Wildman–Crippen MR) is 174 cm³/mol. The number of anilines is 3. The Labute approximate surface area is 249 Å². The van der Waals surface area contributed by atoms with Gasteiger partial charge in [-0.25, -0.2) is 9.97 Å². The number of benzene rings is 2. The number of nitrogens with zero attached hydrogens (tertiary/aromatic N) is 4. The maximum absolute atomic E-state index is 11.8. The SMILES string of the molecule is C=CC.COc1ccc(NC(=O)CCCl)c(N(C)CCC(C)C)c1.Cn1cc(-c2ccnc(N)n2)c2ccccc21. The number of carbonyl (C=O) groups excluding carboxylic acids is 1. The molecule has 8 nitrogen and oxygen atoms in total. The Balaban J connectivity index is 0.000000265. The fourth-order valence-electron chi connectivity index (χ4n) is 4.00. The third-order valence-electron chi connectivity index (χ3n) is 6.10. The number of rotatable bonds is 9. The molecule has 4 aromatic rings.